The topological polar surface area (TPSA) is 0 Å². The minimum absolute atomic E-state index is 1.25. The van der Waals surface area contributed by atoms with Crippen LogP contribution in [0.25, 0.3) is 0 Å². The van der Waals surface area contributed by atoms with Gasteiger partial charge in [0.15, 0.2) is 0 Å². The molecule has 0 aromatic heterocycles. The largest absolute Gasteiger partial charge is 0.0683 e. The van der Waals surface area contributed by atoms with E-state index >= 15 is 0 Å². The summed E-state index contributed by atoms with van der Waals surface area (Å²) in [6, 6.07) is 4.50. The SMILES string of the molecule is CC.CCC.Cc1ccc(C)c2c1CCC2. The zero-order valence-corrected chi connectivity index (χ0v) is 12.0. The van der Waals surface area contributed by atoms with E-state index < -0.39 is 0 Å². The second kappa shape index (κ2) is 8.38. The third-order valence-corrected chi connectivity index (χ3v) is 2.75. The fourth-order valence-electron chi connectivity index (χ4n) is 2.07. The third-order valence-electron chi connectivity index (χ3n) is 2.75. The van der Waals surface area contributed by atoms with E-state index in [1.54, 1.807) is 11.1 Å². The molecule has 0 saturated heterocycles. The summed E-state index contributed by atoms with van der Waals surface area (Å²) in [6.45, 7) is 12.7. The smallest absolute Gasteiger partial charge is 0.0270 e. The van der Waals surface area contributed by atoms with Crippen molar-refractivity contribution in [3.05, 3.63) is 34.4 Å². The number of benzene rings is 1. The van der Waals surface area contributed by atoms with E-state index in [-0.39, 0.29) is 0 Å². The van der Waals surface area contributed by atoms with Crippen LogP contribution in [0.2, 0.25) is 0 Å². The van der Waals surface area contributed by atoms with Crippen LogP contribution in [0.4, 0.5) is 0 Å². The summed E-state index contributed by atoms with van der Waals surface area (Å²) in [6.07, 6.45) is 5.23. The Morgan fingerprint density at radius 1 is 0.875 bits per heavy atom. The number of hydrogen-bond donors (Lipinski definition) is 0. The van der Waals surface area contributed by atoms with Crippen LogP contribution in [-0.4, -0.2) is 0 Å². The van der Waals surface area contributed by atoms with E-state index in [1.807, 2.05) is 13.8 Å². The molecule has 0 spiro atoms. The van der Waals surface area contributed by atoms with Crippen LogP contribution in [0.5, 0.6) is 0 Å². The minimum atomic E-state index is 1.25. The van der Waals surface area contributed by atoms with Gasteiger partial charge >= 0.3 is 0 Å². The Labute approximate surface area is 102 Å². The second-order valence-corrected chi connectivity index (χ2v) is 4.22. The van der Waals surface area contributed by atoms with Crippen molar-refractivity contribution in [2.45, 2.75) is 67.2 Å². The fraction of sp³-hybridized carbons (Fsp3) is 0.625. The molecule has 0 heterocycles. The van der Waals surface area contributed by atoms with Crippen LogP contribution >= 0.6 is 0 Å². The van der Waals surface area contributed by atoms with Gasteiger partial charge in [0.2, 0.25) is 0 Å². The lowest BCUT2D eigenvalue weighted by atomic mass is 10.0. The van der Waals surface area contributed by atoms with Crippen molar-refractivity contribution in [3.63, 3.8) is 0 Å². The molecule has 0 nitrogen and oxygen atoms in total. The van der Waals surface area contributed by atoms with Crippen molar-refractivity contribution < 1.29 is 0 Å². The molecule has 0 aliphatic heterocycles. The van der Waals surface area contributed by atoms with Crippen molar-refractivity contribution in [1.29, 1.82) is 0 Å². The number of hydrogen-bond acceptors (Lipinski definition) is 0. The first kappa shape index (κ1) is 15.2. The maximum atomic E-state index is 2.25. The average molecular weight is 220 g/mol. The molecule has 92 valence electrons. The molecule has 1 aliphatic rings. The molecular formula is C16H28. The highest BCUT2D eigenvalue weighted by Gasteiger charge is 2.13. The van der Waals surface area contributed by atoms with Crippen molar-refractivity contribution >= 4 is 0 Å². The van der Waals surface area contributed by atoms with Gasteiger partial charge in [0.25, 0.3) is 0 Å². The van der Waals surface area contributed by atoms with Crippen LogP contribution < -0.4 is 0 Å². The predicted octanol–water partition coefficient (Wildman–Crippen LogP) is 5.23. The normalized spacial score (nSPS) is 11.9. The maximum absolute atomic E-state index is 2.25. The summed E-state index contributed by atoms with van der Waals surface area (Å²) in [4.78, 5) is 0. The molecule has 0 N–H and O–H groups in total. The molecule has 0 amide bonds. The lowest BCUT2D eigenvalue weighted by Crippen LogP contribution is -1.90. The molecular weight excluding hydrogens is 192 g/mol. The molecule has 0 radical (unpaired) electrons. The molecule has 0 saturated carbocycles. The summed E-state index contributed by atoms with van der Waals surface area (Å²) in [5.41, 5.74) is 6.24. The van der Waals surface area contributed by atoms with E-state index in [9.17, 15) is 0 Å². The van der Waals surface area contributed by atoms with Crippen molar-refractivity contribution in [3.8, 4) is 0 Å². The molecule has 2 rings (SSSR count). The number of rotatable bonds is 0. The lowest BCUT2D eigenvalue weighted by Gasteiger charge is -2.05. The molecule has 1 aromatic rings. The van der Waals surface area contributed by atoms with Gasteiger partial charge in [-0.15, -0.1) is 0 Å². The van der Waals surface area contributed by atoms with Gasteiger partial charge in [-0.25, -0.2) is 0 Å². The monoisotopic (exact) mass is 220 g/mol. The highest BCUT2D eigenvalue weighted by atomic mass is 14.2. The van der Waals surface area contributed by atoms with Crippen LogP contribution in [0, 0.1) is 13.8 Å². The summed E-state index contributed by atoms with van der Waals surface area (Å²) in [7, 11) is 0. The molecule has 0 bridgehead atoms. The zero-order chi connectivity index (χ0) is 12.6. The summed E-state index contributed by atoms with van der Waals surface area (Å²) in [5, 5.41) is 0. The van der Waals surface area contributed by atoms with E-state index in [2.05, 4.69) is 39.8 Å². The van der Waals surface area contributed by atoms with E-state index in [4.69, 9.17) is 0 Å². The van der Waals surface area contributed by atoms with Gasteiger partial charge in [-0.1, -0.05) is 46.2 Å². The van der Waals surface area contributed by atoms with Crippen molar-refractivity contribution in [1.82, 2.24) is 0 Å². The van der Waals surface area contributed by atoms with Gasteiger partial charge in [0.05, 0.1) is 0 Å². The second-order valence-electron chi connectivity index (χ2n) is 4.22. The first-order valence-corrected chi connectivity index (χ1v) is 6.78. The first-order chi connectivity index (χ1) is 7.70. The van der Waals surface area contributed by atoms with Gasteiger partial charge in [-0.2, -0.15) is 0 Å². The minimum Gasteiger partial charge on any atom is -0.0683 e. The molecule has 0 unspecified atom stereocenters. The Morgan fingerprint density at radius 2 is 1.19 bits per heavy atom. The Bertz CT molecular complexity index is 268. The van der Waals surface area contributed by atoms with Gasteiger partial charge < -0.3 is 0 Å². The highest BCUT2D eigenvalue weighted by molar-refractivity contribution is 5.42. The molecule has 1 aromatic carbocycles. The van der Waals surface area contributed by atoms with Gasteiger partial charge in [0, 0.05) is 0 Å². The molecule has 0 fully saturated rings. The molecule has 16 heavy (non-hydrogen) atoms. The zero-order valence-electron chi connectivity index (χ0n) is 12.0. The number of fused-ring (bicyclic) bond motifs is 1. The summed E-state index contributed by atoms with van der Waals surface area (Å²) < 4.78 is 0. The van der Waals surface area contributed by atoms with E-state index in [0.717, 1.165) is 0 Å². The standard InChI is InChI=1S/C11H14.C3H8.C2H6/c1-8-6-7-9(2)11-5-3-4-10(8)11;1-3-2;1-2/h6-7H,3-5H2,1-2H3;3H2,1-2H3;1-2H3. The maximum Gasteiger partial charge on any atom is -0.0270 e. The van der Waals surface area contributed by atoms with Crippen molar-refractivity contribution in [2.75, 3.05) is 0 Å². The Balaban J connectivity index is 0.000000394. The van der Waals surface area contributed by atoms with Crippen LogP contribution in [0.3, 0.4) is 0 Å². The van der Waals surface area contributed by atoms with Gasteiger partial charge in [-0.05, 0) is 55.4 Å². The molecule has 0 atom stereocenters. The first-order valence-electron chi connectivity index (χ1n) is 6.78. The summed E-state index contributed by atoms with van der Waals surface area (Å²) >= 11 is 0. The predicted molar refractivity (Wildman–Crippen MR) is 75.3 cm³/mol. The molecule has 1 aliphatic carbocycles. The number of aryl methyl sites for hydroxylation is 2. The quantitative estimate of drug-likeness (QED) is 0.561. The van der Waals surface area contributed by atoms with E-state index in [1.165, 1.54) is 36.8 Å². The van der Waals surface area contributed by atoms with Crippen molar-refractivity contribution in [2.24, 2.45) is 0 Å². The van der Waals surface area contributed by atoms with Gasteiger partial charge in [-0.3, -0.25) is 0 Å². The Kier molecular flexibility index (Phi) is 7.97. The van der Waals surface area contributed by atoms with Crippen LogP contribution in [0.1, 0.15) is 62.8 Å². The Hall–Kier alpha value is -0.780. The summed E-state index contributed by atoms with van der Waals surface area (Å²) in [5.74, 6) is 0. The third kappa shape index (κ3) is 4.00. The molecule has 0 heteroatoms. The van der Waals surface area contributed by atoms with Gasteiger partial charge in [0.1, 0.15) is 0 Å². The van der Waals surface area contributed by atoms with Crippen LogP contribution in [0.15, 0.2) is 12.1 Å². The van der Waals surface area contributed by atoms with E-state index in [0.29, 0.717) is 0 Å². The highest BCUT2D eigenvalue weighted by Crippen LogP contribution is 2.27. The Morgan fingerprint density at radius 3 is 1.50 bits per heavy atom. The van der Waals surface area contributed by atoms with Crippen LogP contribution in [-0.2, 0) is 12.8 Å². The lowest BCUT2D eigenvalue weighted by molar-refractivity contribution is 0.907. The average Bonchev–Trinajstić information content (AvgIpc) is 2.78. The fourth-order valence-corrected chi connectivity index (χ4v) is 2.07.